The molecule has 1 aliphatic carbocycles. The number of carbonyl (C=O) groups excluding carboxylic acids is 1. The standard InChI is InChI=1S/C16H21N3O2S/c1-2-18-14-6-4-3-5-13(14)17-16(18)22-11-15(21)19(9-10-20)12-7-8-12/h3-6,12,20H,2,7-11H2,1H3. The number of imidazole rings is 1. The third-order valence-electron chi connectivity index (χ3n) is 3.91. The normalized spacial score (nSPS) is 14.5. The van der Waals surface area contributed by atoms with E-state index in [9.17, 15) is 4.79 Å². The minimum Gasteiger partial charge on any atom is -0.395 e. The number of hydrogen-bond donors (Lipinski definition) is 1. The van der Waals surface area contributed by atoms with Gasteiger partial charge >= 0.3 is 0 Å². The Bertz CT molecular complexity index is 666. The van der Waals surface area contributed by atoms with Crippen molar-refractivity contribution in [1.29, 1.82) is 0 Å². The monoisotopic (exact) mass is 319 g/mol. The number of fused-ring (bicyclic) bond motifs is 1. The fraction of sp³-hybridized carbons (Fsp3) is 0.500. The highest BCUT2D eigenvalue weighted by atomic mass is 32.2. The largest absolute Gasteiger partial charge is 0.395 e. The van der Waals surface area contributed by atoms with Crippen molar-refractivity contribution in [1.82, 2.24) is 14.5 Å². The highest BCUT2D eigenvalue weighted by Gasteiger charge is 2.32. The van der Waals surface area contributed by atoms with Gasteiger partial charge in [0.15, 0.2) is 5.16 Å². The van der Waals surface area contributed by atoms with Crippen LogP contribution in [0.1, 0.15) is 19.8 Å². The first-order valence-electron chi connectivity index (χ1n) is 7.73. The predicted molar refractivity (Wildman–Crippen MR) is 88.0 cm³/mol. The van der Waals surface area contributed by atoms with Crippen molar-refractivity contribution >= 4 is 28.7 Å². The van der Waals surface area contributed by atoms with Gasteiger partial charge in [0.1, 0.15) is 0 Å². The Labute approximate surface area is 134 Å². The van der Waals surface area contributed by atoms with Crippen molar-refractivity contribution in [2.24, 2.45) is 0 Å². The highest BCUT2D eigenvalue weighted by Crippen LogP contribution is 2.29. The summed E-state index contributed by atoms with van der Waals surface area (Å²) < 4.78 is 2.14. The summed E-state index contributed by atoms with van der Waals surface area (Å²) in [7, 11) is 0. The Hall–Kier alpha value is -1.53. The molecule has 1 saturated carbocycles. The van der Waals surface area contributed by atoms with Gasteiger partial charge in [-0.3, -0.25) is 4.79 Å². The highest BCUT2D eigenvalue weighted by molar-refractivity contribution is 7.99. The molecule has 0 radical (unpaired) electrons. The summed E-state index contributed by atoms with van der Waals surface area (Å²) in [6.45, 7) is 3.39. The summed E-state index contributed by atoms with van der Waals surface area (Å²) in [5.41, 5.74) is 2.07. The van der Waals surface area contributed by atoms with Crippen LogP contribution >= 0.6 is 11.8 Å². The van der Waals surface area contributed by atoms with Crippen LogP contribution in [0.25, 0.3) is 11.0 Å². The topological polar surface area (TPSA) is 58.4 Å². The molecule has 0 atom stereocenters. The summed E-state index contributed by atoms with van der Waals surface area (Å²) in [4.78, 5) is 18.8. The van der Waals surface area contributed by atoms with Gasteiger partial charge in [0.25, 0.3) is 0 Å². The van der Waals surface area contributed by atoms with Crippen LogP contribution in [0.5, 0.6) is 0 Å². The number of rotatable bonds is 7. The molecular formula is C16H21N3O2S. The van der Waals surface area contributed by atoms with Gasteiger partial charge < -0.3 is 14.6 Å². The number of hydrogen-bond acceptors (Lipinski definition) is 4. The maximum Gasteiger partial charge on any atom is 0.233 e. The Morgan fingerprint density at radius 2 is 2.23 bits per heavy atom. The molecule has 0 saturated heterocycles. The quantitative estimate of drug-likeness (QED) is 0.794. The summed E-state index contributed by atoms with van der Waals surface area (Å²) in [6, 6.07) is 8.37. The lowest BCUT2D eigenvalue weighted by molar-refractivity contribution is -0.129. The zero-order chi connectivity index (χ0) is 15.5. The molecule has 0 bridgehead atoms. The molecule has 1 heterocycles. The van der Waals surface area contributed by atoms with Gasteiger partial charge in [-0.25, -0.2) is 4.98 Å². The Morgan fingerprint density at radius 3 is 2.91 bits per heavy atom. The number of nitrogens with zero attached hydrogens (tertiary/aromatic N) is 3. The molecule has 118 valence electrons. The van der Waals surface area contributed by atoms with Crippen LogP contribution in [0.4, 0.5) is 0 Å². The number of benzene rings is 1. The third-order valence-corrected chi connectivity index (χ3v) is 4.87. The van der Waals surface area contributed by atoms with Gasteiger partial charge in [-0.05, 0) is 31.9 Å². The van der Waals surface area contributed by atoms with Crippen molar-refractivity contribution in [3.8, 4) is 0 Å². The fourth-order valence-corrected chi connectivity index (χ4v) is 3.65. The molecule has 0 unspecified atom stereocenters. The second-order valence-corrected chi connectivity index (χ2v) is 6.40. The zero-order valence-corrected chi connectivity index (χ0v) is 13.6. The van der Waals surface area contributed by atoms with Crippen LogP contribution in [0.15, 0.2) is 29.4 Å². The van der Waals surface area contributed by atoms with Crippen molar-refractivity contribution < 1.29 is 9.90 Å². The van der Waals surface area contributed by atoms with Gasteiger partial charge in [-0.15, -0.1) is 0 Å². The number of amides is 1. The van der Waals surface area contributed by atoms with E-state index < -0.39 is 0 Å². The van der Waals surface area contributed by atoms with Crippen LogP contribution in [0, 0.1) is 0 Å². The summed E-state index contributed by atoms with van der Waals surface area (Å²) in [5.74, 6) is 0.469. The van der Waals surface area contributed by atoms with Crippen LogP contribution in [-0.4, -0.2) is 50.4 Å². The molecular weight excluding hydrogens is 298 g/mol. The third kappa shape index (κ3) is 3.13. The number of aliphatic hydroxyl groups excluding tert-OH is 1. The van der Waals surface area contributed by atoms with E-state index in [2.05, 4.69) is 22.5 Å². The van der Waals surface area contributed by atoms with Crippen molar-refractivity contribution in [3.63, 3.8) is 0 Å². The van der Waals surface area contributed by atoms with E-state index in [1.807, 2.05) is 23.1 Å². The SMILES string of the molecule is CCn1c(SCC(=O)N(CCO)C2CC2)nc2ccccc21. The lowest BCUT2D eigenvalue weighted by Gasteiger charge is -2.21. The van der Waals surface area contributed by atoms with E-state index in [1.165, 1.54) is 11.8 Å². The maximum absolute atomic E-state index is 12.4. The second kappa shape index (κ2) is 6.71. The maximum atomic E-state index is 12.4. The summed E-state index contributed by atoms with van der Waals surface area (Å²) in [6.07, 6.45) is 2.12. The van der Waals surface area contributed by atoms with E-state index in [1.54, 1.807) is 0 Å². The molecule has 0 spiro atoms. The second-order valence-electron chi connectivity index (χ2n) is 5.46. The zero-order valence-electron chi connectivity index (χ0n) is 12.7. The molecule has 0 aliphatic heterocycles. The molecule has 3 rings (SSSR count). The summed E-state index contributed by atoms with van der Waals surface area (Å²) in [5, 5.41) is 9.99. The average molecular weight is 319 g/mol. The van der Waals surface area contributed by atoms with E-state index in [0.29, 0.717) is 18.3 Å². The Balaban J connectivity index is 1.71. The van der Waals surface area contributed by atoms with Crippen LogP contribution in [-0.2, 0) is 11.3 Å². The first-order chi connectivity index (χ1) is 10.7. The Kier molecular flexibility index (Phi) is 4.69. The minimum absolute atomic E-state index is 0.0282. The summed E-state index contributed by atoms with van der Waals surface area (Å²) >= 11 is 1.48. The number of para-hydroxylation sites is 2. The number of aryl methyl sites for hydroxylation is 1. The number of thioether (sulfide) groups is 1. The van der Waals surface area contributed by atoms with E-state index >= 15 is 0 Å². The lowest BCUT2D eigenvalue weighted by Crippen LogP contribution is -2.36. The van der Waals surface area contributed by atoms with Crippen molar-refractivity contribution in [2.75, 3.05) is 18.9 Å². The van der Waals surface area contributed by atoms with Gasteiger partial charge in [0.2, 0.25) is 5.91 Å². The number of aliphatic hydroxyl groups is 1. The van der Waals surface area contributed by atoms with E-state index in [-0.39, 0.29) is 12.5 Å². The molecule has 1 fully saturated rings. The van der Waals surface area contributed by atoms with Crippen LogP contribution in [0.2, 0.25) is 0 Å². The molecule has 1 aromatic carbocycles. The minimum atomic E-state index is 0.0282. The molecule has 2 aromatic rings. The average Bonchev–Trinajstić information content (AvgIpc) is 3.30. The molecule has 22 heavy (non-hydrogen) atoms. The van der Waals surface area contributed by atoms with Crippen LogP contribution < -0.4 is 0 Å². The van der Waals surface area contributed by atoms with Gasteiger partial charge in [0, 0.05) is 19.1 Å². The molecule has 6 heteroatoms. The van der Waals surface area contributed by atoms with Gasteiger partial charge in [-0.2, -0.15) is 0 Å². The Morgan fingerprint density at radius 1 is 1.45 bits per heavy atom. The number of aromatic nitrogens is 2. The van der Waals surface area contributed by atoms with E-state index in [0.717, 1.165) is 35.6 Å². The molecule has 1 N–H and O–H groups in total. The molecule has 1 aromatic heterocycles. The fourth-order valence-electron chi connectivity index (χ4n) is 2.68. The van der Waals surface area contributed by atoms with Gasteiger partial charge in [-0.1, -0.05) is 23.9 Å². The lowest BCUT2D eigenvalue weighted by atomic mass is 10.3. The van der Waals surface area contributed by atoms with Crippen molar-refractivity contribution in [3.05, 3.63) is 24.3 Å². The smallest absolute Gasteiger partial charge is 0.233 e. The molecule has 5 nitrogen and oxygen atoms in total. The first-order valence-corrected chi connectivity index (χ1v) is 8.71. The van der Waals surface area contributed by atoms with Gasteiger partial charge in [0.05, 0.1) is 23.4 Å². The number of carbonyl (C=O) groups is 1. The van der Waals surface area contributed by atoms with Crippen molar-refractivity contribution in [2.45, 2.75) is 37.5 Å². The first kappa shape index (κ1) is 15.4. The van der Waals surface area contributed by atoms with E-state index in [4.69, 9.17) is 5.11 Å². The molecule has 1 amide bonds. The molecule has 1 aliphatic rings. The van der Waals surface area contributed by atoms with Crippen LogP contribution in [0.3, 0.4) is 0 Å². The predicted octanol–water partition coefficient (Wildman–Crippen LogP) is 2.13.